The first-order chi connectivity index (χ1) is 11.0. The van der Waals surface area contributed by atoms with E-state index < -0.39 is 12.1 Å². The van der Waals surface area contributed by atoms with Gasteiger partial charge in [0.1, 0.15) is 0 Å². The standard InChI is InChI=1S/C16H23N3O4/c1-3-10-19-14(20)9-8-13(18-19)16(22)23-11(2)15(21)17-12-6-4-5-7-12/h8-9,11-12H,3-7,10H2,1-2H3,(H,17,21). The molecule has 1 aliphatic carbocycles. The Morgan fingerprint density at radius 1 is 1.39 bits per heavy atom. The fraction of sp³-hybridized carbons (Fsp3) is 0.625. The Morgan fingerprint density at radius 3 is 2.74 bits per heavy atom. The third-order valence-corrected chi connectivity index (χ3v) is 3.87. The van der Waals surface area contributed by atoms with E-state index in [-0.39, 0.29) is 23.2 Å². The summed E-state index contributed by atoms with van der Waals surface area (Å²) in [6, 6.07) is 2.77. The number of esters is 1. The molecule has 1 heterocycles. The van der Waals surface area contributed by atoms with Gasteiger partial charge in [-0.3, -0.25) is 9.59 Å². The van der Waals surface area contributed by atoms with Crippen LogP contribution < -0.4 is 10.9 Å². The fourth-order valence-corrected chi connectivity index (χ4v) is 2.59. The van der Waals surface area contributed by atoms with Crippen LogP contribution in [0.1, 0.15) is 56.4 Å². The van der Waals surface area contributed by atoms with E-state index in [1.807, 2.05) is 6.92 Å². The zero-order valence-corrected chi connectivity index (χ0v) is 13.6. The number of aryl methyl sites for hydroxylation is 1. The first kappa shape index (κ1) is 17.2. The number of aromatic nitrogens is 2. The first-order valence-corrected chi connectivity index (χ1v) is 8.10. The van der Waals surface area contributed by atoms with Gasteiger partial charge in [-0.15, -0.1) is 0 Å². The van der Waals surface area contributed by atoms with Gasteiger partial charge in [0.05, 0.1) is 0 Å². The fourth-order valence-electron chi connectivity index (χ4n) is 2.59. The van der Waals surface area contributed by atoms with Gasteiger partial charge >= 0.3 is 5.97 Å². The van der Waals surface area contributed by atoms with E-state index in [0.29, 0.717) is 6.54 Å². The van der Waals surface area contributed by atoms with Gasteiger partial charge in [0.25, 0.3) is 11.5 Å². The number of amides is 1. The second-order valence-corrected chi connectivity index (χ2v) is 5.82. The van der Waals surface area contributed by atoms with Crippen molar-refractivity contribution in [2.45, 2.75) is 64.6 Å². The molecule has 0 saturated heterocycles. The highest BCUT2D eigenvalue weighted by Crippen LogP contribution is 2.17. The number of nitrogens with one attached hydrogen (secondary N) is 1. The quantitative estimate of drug-likeness (QED) is 0.797. The van der Waals surface area contributed by atoms with Crippen LogP contribution in [0.3, 0.4) is 0 Å². The summed E-state index contributed by atoms with van der Waals surface area (Å²) in [5, 5.41) is 6.86. The van der Waals surface area contributed by atoms with Crippen LogP contribution in [0.15, 0.2) is 16.9 Å². The molecule has 0 aromatic carbocycles. The van der Waals surface area contributed by atoms with Crippen LogP contribution in [0, 0.1) is 0 Å². The Kier molecular flexibility index (Phi) is 5.90. The smallest absolute Gasteiger partial charge is 0.359 e. The van der Waals surface area contributed by atoms with Crippen molar-refractivity contribution in [3.63, 3.8) is 0 Å². The minimum atomic E-state index is -0.892. The maximum atomic E-state index is 12.1. The van der Waals surface area contributed by atoms with Gasteiger partial charge in [0.15, 0.2) is 11.8 Å². The molecule has 0 aliphatic heterocycles. The molecule has 0 spiro atoms. The lowest BCUT2D eigenvalue weighted by molar-refractivity contribution is -0.129. The molecule has 1 aromatic rings. The van der Waals surface area contributed by atoms with Crippen molar-refractivity contribution in [2.24, 2.45) is 0 Å². The van der Waals surface area contributed by atoms with Gasteiger partial charge in [-0.2, -0.15) is 5.10 Å². The Labute approximate surface area is 135 Å². The lowest BCUT2D eigenvalue weighted by atomic mass is 10.2. The van der Waals surface area contributed by atoms with Gasteiger partial charge in [0, 0.05) is 18.7 Å². The molecule has 1 saturated carbocycles. The molecule has 1 aromatic heterocycles. The van der Waals surface area contributed by atoms with Crippen LogP contribution in [0.25, 0.3) is 0 Å². The van der Waals surface area contributed by atoms with Crippen molar-refractivity contribution < 1.29 is 14.3 Å². The molecule has 1 unspecified atom stereocenters. The number of carbonyl (C=O) groups excluding carboxylic acids is 2. The average Bonchev–Trinajstić information content (AvgIpc) is 3.02. The second-order valence-electron chi connectivity index (χ2n) is 5.82. The Morgan fingerprint density at radius 2 is 2.09 bits per heavy atom. The predicted octanol–water partition coefficient (Wildman–Crippen LogP) is 1.26. The van der Waals surface area contributed by atoms with Crippen LogP contribution in [0.4, 0.5) is 0 Å². The van der Waals surface area contributed by atoms with Crippen molar-refractivity contribution in [1.29, 1.82) is 0 Å². The molecule has 7 heteroatoms. The van der Waals surface area contributed by atoms with Crippen molar-refractivity contribution in [3.8, 4) is 0 Å². The summed E-state index contributed by atoms with van der Waals surface area (Å²) in [6.45, 7) is 3.87. The first-order valence-electron chi connectivity index (χ1n) is 8.10. The molecule has 1 aliphatic rings. The monoisotopic (exact) mass is 321 g/mol. The van der Waals surface area contributed by atoms with Crippen molar-refractivity contribution in [3.05, 3.63) is 28.2 Å². The molecule has 1 amide bonds. The van der Waals surface area contributed by atoms with Gasteiger partial charge in [-0.05, 0) is 32.3 Å². The van der Waals surface area contributed by atoms with Crippen LogP contribution in [-0.4, -0.2) is 33.8 Å². The maximum absolute atomic E-state index is 12.1. The van der Waals surface area contributed by atoms with Crippen LogP contribution in [0.5, 0.6) is 0 Å². The molecule has 1 N–H and O–H groups in total. The number of rotatable bonds is 6. The zero-order chi connectivity index (χ0) is 16.8. The molecule has 0 bridgehead atoms. The number of hydrogen-bond acceptors (Lipinski definition) is 5. The topological polar surface area (TPSA) is 90.3 Å². The van der Waals surface area contributed by atoms with Gasteiger partial charge in [0.2, 0.25) is 0 Å². The lowest BCUT2D eigenvalue weighted by Gasteiger charge is -2.17. The van der Waals surface area contributed by atoms with Gasteiger partial charge < -0.3 is 10.1 Å². The molecular formula is C16H23N3O4. The van der Waals surface area contributed by atoms with Gasteiger partial charge in [-0.1, -0.05) is 19.8 Å². The van der Waals surface area contributed by atoms with E-state index in [2.05, 4.69) is 10.4 Å². The van der Waals surface area contributed by atoms with E-state index in [9.17, 15) is 14.4 Å². The molecule has 2 rings (SSSR count). The second kappa shape index (κ2) is 7.89. The molecule has 7 nitrogen and oxygen atoms in total. The van der Waals surface area contributed by atoms with Crippen LogP contribution >= 0.6 is 0 Å². The van der Waals surface area contributed by atoms with Crippen molar-refractivity contribution in [2.75, 3.05) is 0 Å². The largest absolute Gasteiger partial charge is 0.448 e. The van der Waals surface area contributed by atoms with E-state index in [0.717, 1.165) is 32.1 Å². The summed E-state index contributed by atoms with van der Waals surface area (Å²) in [6.07, 6.45) is 4.00. The molecule has 23 heavy (non-hydrogen) atoms. The minimum absolute atomic E-state index is 0.0265. The van der Waals surface area contributed by atoms with Crippen LogP contribution in [-0.2, 0) is 16.1 Å². The van der Waals surface area contributed by atoms with Gasteiger partial charge in [-0.25, -0.2) is 9.48 Å². The SMILES string of the molecule is CCCn1nc(C(=O)OC(C)C(=O)NC2CCCC2)ccc1=O. The number of carbonyl (C=O) groups is 2. The van der Waals surface area contributed by atoms with Crippen molar-refractivity contribution >= 4 is 11.9 Å². The van der Waals surface area contributed by atoms with E-state index in [1.54, 1.807) is 0 Å². The molecule has 1 fully saturated rings. The summed E-state index contributed by atoms with van der Waals surface area (Å²) >= 11 is 0. The van der Waals surface area contributed by atoms with Crippen LogP contribution in [0.2, 0.25) is 0 Å². The Bertz CT molecular complexity index is 620. The molecule has 126 valence electrons. The molecule has 1 atom stereocenters. The molecular weight excluding hydrogens is 298 g/mol. The zero-order valence-electron chi connectivity index (χ0n) is 13.6. The Hall–Kier alpha value is -2.18. The number of nitrogens with zero attached hydrogens (tertiary/aromatic N) is 2. The third kappa shape index (κ3) is 4.64. The Balaban J connectivity index is 1.96. The summed E-state index contributed by atoms with van der Waals surface area (Å²) < 4.78 is 6.37. The highest BCUT2D eigenvalue weighted by atomic mass is 16.5. The van der Waals surface area contributed by atoms with E-state index in [1.165, 1.54) is 23.7 Å². The third-order valence-electron chi connectivity index (χ3n) is 3.87. The molecule has 0 radical (unpaired) electrons. The van der Waals surface area contributed by atoms with Crippen molar-refractivity contribution in [1.82, 2.24) is 15.1 Å². The summed E-state index contributed by atoms with van der Waals surface area (Å²) in [5.41, 5.74) is -0.242. The average molecular weight is 321 g/mol. The van der Waals surface area contributed by atoms with E-state index >= 15 is 0 Å². The van der Waals surface area contributed by atoms with E-state index in [4.69, 9.17) is 4.74 Å². The lowest BCUT2D eigenvalue weighted by Crippen LogP contribution is -2.41. The maximum Gasteiger partial charge on any atom is 0.359 e. The highest BCUT2D eigenvalue weighted by molar-refractivity contribution is 5.90. The minimum Gasteiger partial charge on any atom is -0.448 e. The summed E-state index contributed by atoms with van der Waals surface area (Å²) in [4.78, 5) is 35.7. The number of ether oxygens (including phenoxy) is 1. The highest BCUT2D eigenvalue weighted by Gasteiger charge is 2.24. The normalized spacial score (nSPS) is 16.1. The summed E-state index contributed by atoms with van der Waals surface area (Å²) in [5.74, 6) is -1.00. The number of hydrogen-bond donors (Lipinski definition) is 1. The predicted molar refractivity (Wildman–Crippen MR) is 84.1 cm³/mol. The summed E-state index contributed by atoms with van der Waals surface area (Å²) in [7, 11) is 0.